The van der Waals surface area contributed by atoms with Crippen LogP contribution in [0, 0.1) is 29.1 Å². The standard InChI is InChI=1S/C26H31BrO7S2/c1-8-35-22(29)23(4)18-14-11-16(3)25(18)19(27)20(24(23,5)26(32-6,33-7)21(25)28)34-36(30,31)17-12-9-15(2)10-13-17/h9-10,12-14,16H,8,11H2,1-7H3. The fourth-order valence-corrected chi connectivity index (χ4v) is 9.66. The first-order valence-electron chi connectivity index (χ1n) is 11.7. The van der Waals surface area contributed by atoms with Gasteiger partial charge in [-0.3, -0.25) is 9.59 Å². The summed E-state index contributed by atoms with van der Waals surface area (Å²) in [5, 5.41) is -0.211. The molecule has 36 heavy (non-hydrogen) atoms. The Morgan fingerprint density at radius 1 is 1.17 bits per heavy atom. The molecule has 4 atom stereocenters. The largest absolute Gasteiger partial charge is 0.382 e. The van der Waals surface area contributed by atoms with Crippen molar-refractivity contribution in [2.75, 3.05) is 20.0 Å². The molecule has 1 fully saturated rings. The van der Waals surface area contributed by atoms with Crippen LogP contribution in [0.3, 0.4) is 0 Å². The smallest absolute Gasteiger partial charge is 0.338 e. The molecule has 0 amide bonds. The summed E-state index contributed by atoms with van der Waals surface area (Å²) in [5.74, 6) is -2.20. The molecule has 10 heteroatoms. The van der Waals surface area contributed by atoms with E-state index >= 15 is 0 Å². The first kappa shape index (κ1) is 27.6. The highest BCUT2D eigenvalue weighted by Gasteiger charge is 2.84. The minimum absolute atomic E-state index is 0.0404. The van der Waals surface area contributed by atoms with Crippen molar-refractivity contribution in [2.45, 2.75) is 51.7 Å². The van der Waals surface area contributed by atoms with E-state index in [9.17, 15) is 18.0 Å². The van der Waals surface area contributed by atoms with E-state index in [-0.39, 0.29) is 27.5 Å². The van der Waals surface area contributed by atoms with Crippen LogP contribution in [0.4, 0.5) is 0 Å². The van der Waals surface area contributed by atoms with E-state index in [0.29, 0.717) is 22.2 Å². The number of halogens is 1. The molecule has 196 valence electrons. The van der Waals surface area contributed by atoms with Gasteiger partial charge in [0, 0.05) is 14.2 Å². The number of ether oxygens (including phenoxy) is 2. The van der Waals surface area contributed by atoms with Gasteiger partial charge in [0.15, 0.2) is 5.12 Å². The Balaban J connectivity index is 2.10. The fraction of sp³-hybridized carbons (Fsp3) is 0.538. The van der Waals surface area contributed by atoms with Gasteiger partial charge in [0.2, 0.25) is 11.6 Å². The monoisotopic (exact) mass is 598 g/mol. The maximum atomic E-state index is 14.4. The fourth-order valence-electron chi connectivity index (χ4n) is 6.39. The van der Waals surface area contributed by atoms with Gasteiger partial charge in [-0.25, -0.2) is 0 Å². The van der Waals surface area contributed by atoms with E-state index in [0.717, 1.165) is 17.3 Å². The second-order valence-electron chi connectivity index (χ2n) is 9.88. The molecule has 0 aliphatic heterocycles. The molecule has 7 nitrogen and oxygen atoms in total. The molecule has 0 aromatic heterocycles. The van der Waals surface area contributed by atoms with E-state index in [2.05, 4.69) is 15.9 Å². The van der Waals surface area contributed by atoms with Crippen LogP contribution in [0.2, 0.25) is 0 Å². The number of ketones is 1. The van der Waals surface area contributed by atoms with Gasteiger partial charge in [0.1, 0.15) is 16.1 Å². The molecule has 1 saturated carbocycles. The Morgan fingerprint density at radius 2 is 1.75 bits per heavy atom. The number of benzene rings is 1. The molecule has 0 saturated heterocycles. The predicted octanol–water partition coefficient (Wildman–Crippen LogP) is 5.14. The highest BCUT2D eigenvalue weighted by Crippen LogP contribution is 2.78. The van der Waals surface area contributed by atoms with Crippen molar-refractivity contribution in [3.05, 3.63) is 51.7 Å². The maximum absolute atomic E-state index is 14.4. The third-order valence-electron chi connectivity index (χ3n) is 8.45. The zero-order valence-corrected chi connectivity index (χ0v) is 24.6. The Bertz CT molecular complexity index is 1300. The lowest BCUT2D eigenvalue weighted by atomic mass is 9.40. The topological polar surface area (TPSA) is 96.0 Å². The van der Waals surface area contributed by atoms with Crippen LogP contribution in [-0.2, 0) is 33.4 Å². The van der Waals surface area contributed by atoms with E-state index in [1.54, 1.807) is 26.0 Å². The molecule has 1 aromatic carbocycles. The average Bonchev–Trinajstić information content (AvgIpc) is 3.19. The third-order valence-corrected chi connectivity index (χ3v) is 11.6. The van der Waals surface area contributed by atoms with Crippen LogP contribution in [0.1, 0.15) is 39.7 Å². The minimum atomic E-state index is -4.34. The van der Waals surface area contributed by atoms with Crippen molar-refractivity contribution >= 4 is 48.7 Å². The van der Waals surface area contributed by atoms with Gasteiger partial charge in [-0.2, -0.15) is 8.42 Å². The van der Waals surface area contributed by atoms with Crippen molar-refractivity contribution in [3.8, 4) is 0 Å². The van der Waals surface area contributed by atoms with Crippen LogP contribution >= 0.6 is 27.7 Å². The van der Waals surface area contributed by atoms with Gasteiger partial charge < -0.3 is 13.7 Å². The number of hydrogen-bond acceptors (Lipinski definition) is 8. The van der Waals surface area contributed by atoms with Crippen LogP contribution in [0.5, 0.6) is 0 Å². The number of methoxy groups -OCH3 is 2. The molecule has 1 aromatic rings. The van der Waals surface area contributed by atoms with Crippen LogP contribution < -0.4 is 0 Å². The summed E-state index contributed by atoms with van der Waals surface area (Å²) in [7, 11) is -1.66. The zero-order chi connectivity index (χ0) is 26.9. The van der Waals surface area contributed by atoms with Gasteiger partial charge in [0.25, 0.3) is 0 Å². The number of allylic oxidation sites excluding steroid dienone is 3. The molecule has 5 rings (SSSR count). The normalized spacial score (nSPS) is 32.9. The number of fused-ring (bicyclic) bond motifs is 1. The number of aryl methyl sites for hydroxylation is 1. The lowest BCUT2D eigenvalue weighted by molar-refractivity contribution is -0.288. The number of rotatable bonds is 7. The molecular weight excluding hydrogens is 568 g/mol. The number of thioether (sulfide) groups is 1. The summed E-state index contributed by atoms with van der Waals surface area (Å²) in [4.78, 5) is 28.3. The SMILES string of the molecule is CCSC(=O)C1(C)C2=CCC(C)C23C(=O)C(OC)(OC)C1(C)C(OS(=O)(=O)c1ccc(C)cc1)=C3Br. The minimum Gasteiger partial charge on any atom is -0.382 e. The molecule has 4 aliphatic rings. The van der Waals surface area contributed by atoms with Crippen molar-refractivity contribution < 1.29 is 31.7 Å². The quantitative estimate of drug-likeness (QED) is 0.242. The van der Waals surface area contributed by atoms with Crippen LogP contribution in [-0.4, -0.2) is 45.1 Å². The summed E-state index contributed by atoms with van der Waals surface area (Å²) in [6.45, 7) is 8.99. The lowest BCUT2D eigenvalue weighted by Gasteiger charge is -2.66. The van der Waals surface area contributed by atoms with Crippen molar-refractivity contribution in [1.29, 1.82) is 0 Å². The van der Waals surface area contributed by atoms with Gasteiger partial charge in [-0.1, -0.05) is 65.3 Å². The molecule has 0 N–H and O–H groups in total. The van der Waals surface area contributed by atoms with E-state index < -0.39 is 32.2 Å². The summed E-state index contributed by atoms with van der Waals surface area (Å²) in [6.07, 6.45) is 2.46. The Hall–Kier alpha value is -1.46. The van der Waals surface area contributed by atoms with E-state index in [1.165, 1.54) is 26.4 Å². The molecule has 4 aliphatic carbocycles. The third kappa shape index (κ3) is 3.02. The summed E-state index contributed by atoms with van der Waals surface area (Å²) < 4.78 is 45.1. The summed E-state index contributed by atoms with van der Waals surface area (Å²) >= 11 is 4.73. The Labute approximate surface area is 225 Å². The van der Waals surface area contributed by atoms with Gasteiger partial charge in [0.05, 0.1) is 15.3 Å². The average molecular weight is 600 g/mol. The van der Waals surface area contributed by atoms with Gasteiger partial charge >= 0.3 is 10.1 Å². The van der Waals surface area contributed by atoms with Crippen molar-refractivity contribution in [3.63, 3.8) is 0 Å². The van der Waals surface area contributed by atoms with Crippen LogP contribution in [0.15, 0.2) is 51.1 Å². The molecule has 4 unspecified atom stereocenters. The Kier molecular flexibility index (Phi) is 6.74. The summed E-state index contributed by atoms with van der Waals surface area (Å²) in [5.41, 5.74) is -2.87. The highest BCUT2D eigenvalue weighted by molar-refractivity contribution is 9.11. The number of hydrogen-bond donors (Lipinski definition) is 0. The lowest BCUT2D eigenvalue weighted by Crippen LogP contribution is -2.77. The molecular formula is C26H31BrO7S2. The second kappa shape index (κ2) is 8.80. The maximum Gasteiger partial charge on any atom is 0.338 e. The molecule has 2 bridgehead atoms. The first-order valence-corrected chi connectivity index (χ1v) is 14.9. The predicted molar refractivity (Wildman–Crippen MR) is 141 cm³/mol. The zero-order valence-electron chi connectivity index (χ0n) is 21.4. The molecule has 1 spiro atoms. The van der Waals surface area contributed by atoms with E-state index in [4.69, 9.17) is 13.7 Å². The van der Waals surface area contributed by atoms with Gasteiger partial charge in [-0.05, 0) is 56.6 Å². The number of carbonyl (C=O) groups is 2. The van der Waals surface area contributed by atoms with Crippen molar-refractivity contribution in [2.24, 2.45) is 22.2 Å². The molecule has 0 heterocycles. The number of Topliss-reactive ketones (excluding diaryl/α,β-unsaturated/α-hetero) is 1. The second-order valence-corrected chi connectivity index (χ2v) is 13.5. The van der Waals surface area contributed by atoms with Crippen LogP contribution in [0.25, 0.3) is 0 Å². The summed E-state index contributed by atoms with van der Waals surface area (Å²) in [6, 6.07) is 6.28. The number of carbonyl (C=O) groups excluding carboxylic acids is 2. The van der Waals surface area contributed by atoms with E-state index in [1.807, 2.05) is 26.8 Å². The first-order chi connectivity index (χ1) is 16.8. The molecule has 0 radical (unpaired) electrons. The highest BCUT2D eigenvalue weighted by atomic mass is 79.9. The Morgan fingerprint density at radius 3 is 2.28 bits per heavy atom. The van der Waals surface area contributed by atoms with Gasteiger partial charge in [-0.15, -0.1) is 0 Å². The van der Waals surface area contributed by atoms with Crippen molar-refractivity contribution in [1.82, 2.24) is 0 Å².